The molecule has 24 heavy (non-hydrogen) atoms. The van der Waals surface area contributed by atoms with Crippen molar-refractivity contribution in [2.45, 2.75) is 38.7 Å². The highest BCUT2D eigenvalue weighted by Gasteiger charge is 2.40. The Balaban J connectivity index is 1.63. The van der Waals surface area contributed by atoms with Crippen molar-refractivity contribution in [3.8, 4) is 11.8 Å². The summed E-state index contributed by atoms with van der Waals surface area (Å²) in [6.07, 6.45) is 2.39. The molecule has 1 fully saturated rings. The Hall–Kier alpha value is -1.89. The topological polar surface area (TPSA) is 37.3 Å². The third kappa shape index (κ3) is 4.14. The molecule has 0 radical (unpaired) electrons. The van der Waals surface area contributed by atoms with Crippen molar-refractivity contribution >= 4 is 17.1 Å². The van der Waals surface area contributed by atoms with E-state index in [1.807, 2.05) is 41.7 Å². The van der Waals surface area contributed by atoms with Crippen molar-refractivity contribution in [1.82, 2.24) is 0 Å². The molecule has 2 nitrogen and oxygen atoms in total. The lowest BCUT2D eigenvalue weighted by molar-refractivity contribution is -0.121. The Bertz CT molecular complexity index is 751. The van der Waals surface area contributed by atoms with Crippen LogP contribution in [0.25, 0.3) is 0 Å². The summed E-state index contributed by atoms with van der Waals surface area (Å²) in [5.74, 6) is 6.08. The van der Waals surface area contributed by atoms with Crippen LogP contribution in [0, 0.1) is 30.6 Å². The number of benzene rings is 1. The molecule has 3 atom stereocenters. The van der Waals surface area contributed by atoms with Gasteiger partial charge in [-0.2, -0.15) is 0 Å². The summed E-state index contributed by atoms with van der Waals surface area (Å²) >= 11 is 1.82. The van der Waals surface area contributed by atoms with Crippen LogP contribution in [0.5, 0.6) is 0 Å². The minimum absolute atomic E-state index is 0.128. The zero-order valence-corrected chi connectivity index (χ0v) is 14.7. The minimum Gasteiger partial charge on any atom is -0.391 e. The van der Waals surface area contributed by atoms with Gasteiger partial charge in [0.15, 0.2) is 0 Å². The van der Waals surface area contributed by atoms with Gasteiger partial charge >= 0.3 is 0 Å². The average molecular weight is 338 g/mol. The highest BCUT2D eigenvalue weighted by molar-refractivity contribution is 7.11. The molecule has 1 aromatic heterocycles. The van der Waals surface area contributed by atoms with E-state index in [0.717, 1.165) is 24.8 Å². The monoisotopic (exact) mass is 338 g/mol. The molecule has 0 unspecified atom stereocenters. The second-order valence-electron chi connectivity index (χ2n) is 6.41. The fraction of sp³-hybridized carbons (Fsp3) is 0.381. The first kappa shape index (κ1) is 17.0. The van der Waals surface area contributed by atoms with E-state index in [-0.39, 0.29) is 24.0 Å². The lowest BCUT2D eigenvalue weighted by atomic mass is 9.89. The number of rotatable bonds is 4. The van der Waals surface area contributed by atoms with E-state index in [1.54, 1.807) is 0 Å². The Labute approximate surface area is 147 Å². The number of hydrogen-bond acceptors (Lipinski definition) is 3. The molecular weight excluding hydrogens is 316 g/mol. The van der Waals surface area contributed by atoms with Gasteiger partial charge < -0.3 is 5.11 Å². The van der Waals surface area contributed by atoms with Gasteiger partial charge in [0.2, 0.25) is 0 Å². The predicted molar refractivity (Wildman–Crippen MR) is 97.9 cm³/mol. The minimum atomic E-state index is -0.623. The summed E-state index contributed by atoms with van der Waals surface area (Å²) in [4.78, 5) is 14.9. The first-order chi connectivity index (χ1) is 11.6. The molecule has 2 aromatic rings. The maximum atomic E-state index is 12.2. The van der Waals surface area contributed by atoms with Crippen molar-refractivity contribution in [3.63, 3.8) is 0 Å². The van der Waals surface area contributed by atoms with Gasteiger partial charge in [-0.25, -0.2) is 0 Å². The maximum absolute atomic E-state index is 12.2. The summed E-state index contributed by atoms with van der Waals surface area (Å²) in [5, 5.41) is 10.2. The van der Waals surface area contributed by atoms with E-state index < -0.39 is 6.10 Å². The van der Waals surface area contributed by atoms with Crippen LogP contribution in [0.4, 0.5) is 0 Å². The van der Waals surface area contributed by atoms with E-state index in [2.05, 4.69) is 30.9 Å². The lowest BCUT2D eigenvalue weighted by Gasteiger charge is -2.15. The number of thiophene rings is 1. The number of aliphatic hydroxyl groups is 1. The smallest absolute Gasteiger partial charge is 0.139 e. The van der Waals surface area contributed by atoms with Crippen LogP contribution in [0.15, 0.2) is 42.5 Å². The van der Waals surface area contributed by atoms with Gasteiger partial charge in [-0.15, -0.1) is 11.3 Å². The molecule has 1 aliphatic carbocycles. The van der Waals surface area contributed by atoms with Crippen LogP contribution in [-0.4, -0.2) is 17.0 Å². The van der Waals surface area contributed by atoms with Crippen LogP contribution in [-0.2, 0) is 11.2 Å². The lowest BCUT2D eigenvalue weighted by Crippen LogP contribution is -2.19. The van der Waals surface area contributed by atoms with Crippen molar-refractivity contribution in [2.75, 3.05) is 0 Å². The molecule has 124 valence electrons. The second-order valence-corrected chi connectivity index (χ2v) is 7.78. The molecule has 1 N–H and O–H groups in total. The normalized spacial score (nSPS) is 23.1. The van der Waals surface area contributed by atoms with Crippen LogP contribution >= 0.6 is 11.3 Å². The summed E-state index contributed by atoms with van der Waals surface area (Å²) in [6.45, 7) is 2.11. The highest BCUT2D eigenvalue weighted by Crippen LogP contribution is 2.33. The van der Waals surface area contributed by atoms with E-state index in [9.17, 15) is 9.90 Å². The number of aryl methyl sites for hydroxylation is 2. The zero-order valence-electron chi connectivity index (χ0n) is 13.9. The zero-order chi connectivity index (χ0) is 16.9. The number of aliphatic hydroxyl groups excluding tert-OH is 1. The Morgan fingerprint density at radius 2 is 2.00 bits per heavy atom. The standard InChI is InChI=1S/C21H22O2S/c1-15-10-12-17(24-15)8-5-9-18-19(21(23)14-20(18)22)13-11-16-6-3-2-4-7-16/h2-4,6-7,10,12,18-19,21,23H,5,8-9,14H2,1H3/t18-,19+,21+/m0/s1. The molecule has 1 aliphatic rings. The Morgan fingerprint density at radius 3 is 2.71 bits per heavy atom. The molecule has 1 saturated carbocycles. The van der Waals surface area contributed by atoms with Gasteiger partial charge in [0.1, 0.15) is 5.78 Å². The second kappa shape index (κ2) is 7.79. The summed E-state index contributed by atoms with van der Waals surface area (Å²) in [5.41, 5.74) is 0.928. The average Bonchev–Trinajstić information content (AvgIpc) is 3.10. The van der Waals surface area contributed by atoms with Gasteiger partial charge in [0.05, 0.1) is 12.0 Å². The van der Waals surface area contributed by atoms with Crippen molar-refractivity contribution in [3.05, 3.63) is 57.8 Å². The molecule has 3 rings (SSSR count). The highest BCUT2D eigenvalue weighted by atomic mass is 32.1. The number of Topliss-reactive ketones (excluding diaryl/α,β-unsaturated/α-hetero) is 1. The van der Waals surface area contributed by atoms with Gasteiger partial charge in [-0.05, 0) is 50.5 Å². The summed E-state index contributed by atoms with van der Waals surface area (Å²) in [7, 11) is 0. The molecule has 0 aliphatic heterocycles. The van der Waals surface area contributed by atoms with Gasteiger partial charge in [0.25, 0.3) is 0 Å². The quantitative estimate of drug-likeness (QED) is 0.856. The first-order valence-electron chi connectivity index (χ1n) is 8.46. The van der Waals surface area contributed by atoms with Crippen LogP contribution in [0.1, 0.15) is 34.6 Å². The predicted octanol–water partition coefficient (Wildman–Crippen LogP) is 4.00. The van der Waals surface area contributed by atoms with Gasteiger partial charge in [-0.3, -0.25) is 4.79 Å². The largest absolute Gasteiger partial charge is 0.391 e. The Morgan fingerprint density at radius 1 is 1.21 bits per heavy atom. The van der Waals surface area contributed by atoms with E-state index in [4.69, 9.17) is 0 Å². The molecule has 0 bridgehead atoms. The van der Waals surface area contributed by atoms with Crippen LogP contribution < -0.4 is 0 Å². The Kier molecular flexibility index (Phi) is 5.50. The summed E-state index contributed by atoms with van der Waals surface area (Å²) < 4.78 is 0. The first-order valence-corrected chi connectivity index (χ1v) is 9.28. The molecule has 0 spiro atoms. The number of hydrogen-bond donors (Lipinski definition) is 1. The van der Waals surface area contributed by atoms with Gasteiger partial charge in [-0.1, -0.05) is 30.0 Å². The number of carbonyl (C=O) groups is 1. The number of carbonyl (C=O) groups excluding carboxylic acids is 1. The molecule has 0 saturated heterocycles. The van der Waals surface area contributed by atoms with Gasteiger partial charge in [0, 0.05) is 27.7 Å². The molecular formula is C21H22O2S. The third-order valence-electron chi connectivity index (χ3n) is 4.56. The summed E-state index contributed by atoms with van der Waals surface area (Å²) in [6, 6.07) is 14.0. The third-order valence-corrected chi connectivity index (χ3v) is 5.62. The molecule has 3 heteroatoms. The molecule has 0 amide bonds. The molecule has 1 aromatic carbocycles. The van der Waals surface area contributed by atoms with Crippen LogP contribution in [0.3, 0.4) is 0 Å². The van der Waals surface area contributed by atoms with Crippen molar-refractivity contribution in [1.29, 1.82) is 0 Å². The molecule has 1 heterocycles. The van der Waals surface area contributed by atoms with E-state index in [0.29, 0.717) is 0 Å². The fourth-order valence-electron chi connectivity index (χ4n) is 3.29. The SMILES string of the molecule is Cc1ccc(CCC[C@@H]2C(=O)C[C@@H](O)[C@@H]2C#Cc2ccccc2)s1. The maximum Gasteiger partial charge on any atom is 0.139 e. The number of ketones is 1. The van der Waals surface area contributed by atoms with E-state index >= 15 is 0 Å². The van der Waals surface area contributed by atoms with Crippen molar-refractivity contribution in [2.24, 2.45) is 11.8 Å². The van der Waals surface area contributed by atoms with E-state index in [1.165, 1.54) is 9.75 Å². The fourth-order valence-corrected chi connectivity index (χ4v) is 4.23. The van der Waals surface area contributed by atoms with Crippen LogP contribution in [0.2, 0.25) is 0 Å². The van der Waals surface area contributed by atoms with Crippen molar-refractivity contribution < 1.29 is 9.90 Å².